The van der Waals surface area contributed by atoms with Crippen LogP contribution in [0.2, 0.25) is 0 Å². The number of aliphatic imine (C=N–C) groups is 1. The quantitative estimate of drug-likeness (QED) is 0.414. The first-order valence-corrected chi connectivity index (χ1v) is 13.9. The fourth-order valence-electron chi connectivity index (χ4n) is 7.03. The Kier molecular flexibility index (Phi) is 4.56. The van der Waals surface area contributed by atoms with Gasteiger partial charge >= 0.3 is 0 Å². The summed E-state index contributed by atoms with van der Waals surface area (Å²) in [6, 6.07) is 18.4. The molecule has 0 radical (unpaired) electrons. The molecule has 4 nitrogen and oxygen atoms in total. The number of allylic oxidation sites excluding steroid dienone is 1. The average molecular weight is 475 g/mol. The van der Waals surface area contributed by atoms with Gasteiger partial charge in [-0.25, -0.2) is 4.98 Å². The first-order chi connectivity index (χ1) is 17.7. The van der Waals surface area contributed by atoms with E-state index in [-0.39, 0.29) is 0 Å². The molecule has 0 amide bonds. The van der Waals surface area contributed by atoms with Crippen LogP contribution in [0.1, 0.15) is 75.1 Å². The lowest BCUT2D eigenvalue weighted by Crippen LogP contribution is -2.29. The molecule has 2 aliphatic heterocycles. The van der Waals surface area contributed by atoms with Crippen LogP contribution < -0.4 is 5.32 Å². The van der Waals surface area contributed by atoms with Gasteiger partial charge in [0.15, 0.2) is 0 Å². The molecule has 8 rings (SSSR count). The van der Waals surface area contributed by atoms with Gasteiger partial charge in [-0.3, -0.25) is 4.99 Å². The largest absolute Gasteiger partial charge is 0.342 e. The Morgan fingerprint density at radius 2 is 1.44 bits per heavy atom. The Morgan fingerprint density at radius 1 is 0.750 bits per heavy atom. The molecule has 36 heavy (non-hydrogen) atoms. The number of aromatic amines is 1. The fraction of sp³-hybridized carbons (Fsp3) is 0.438. The summed E-state index contributed by atoms with van der Waals surface area (Å²) in [7, 11) is 0. The molecule has 3 heterocycles. The Labute approximate surface area is 213 Å². The molecule has 5 aliphatic rings. The molecular weight excluding hydrogens is 440 g/mol. The van der Waals surface area contributed by atoms with Crippen molar-refractivity contribution >= 4 is 11.3 Å². The van der Waals surface area contributed by atoms with Crippen molar-refractivity contribution in [3.63, 3.8) is 0 Å². The lowest BCUT2D eigenvalue weighted by atomic mass is 9.94. The van der Waals surface area contributed by atoms with Crippen molar-refractivity contribution in [1.29, 1.82) is 0 Å². The second-order valence-corrected chi connectivity index (χ2v) is 12.4. The predicted molar refractivity (Wildman–Crippen MR) is 146 cm³/mol. The first-order valence-electron chi connectivity index (χ1n) is 13.9. The molecule has 3 aromatic rings. The number of hydrogen-bond acceptors (Lipinski definition) is 3. The summed E-state index contributed by atoms with van der Waals surface area (Å²) >= 11 is 0. The maximum absolute atomic E-state index is 4.81. The van der Waals surface area contributed by atoms with Crippen LogP contribution in [-0.4, -0.2) is 28.3 Å². The van der Waals surface area contributed by atoms with E-state index in [4.69, 9.17) is 9.98 Å². The summed E-state index contributed by atoms with van der Waals surface area (Å²) in [4.78, 5) is 13.2. The Morgan fingerprint density at radius 3 is 2.11 bits per heavy atom. The highest BCUT2D eigenvalue weighted by Crippen LogP contribution is 2.61. The number of imidazole rings is 1. The van der Waals surface area contributed by atoms with Gasteiger partial charge in [0.25, 0.3) is 0 Å². The Bertz CT molecular complexity index is 1370. The first kappa shape index (κ1) is 21.1. The van der Waals surface area contributed by atoms with Crippen molar-refractivity contribution < 1.29 is 0 Å². The summed E-state index contributed by atoms with van der Waals surface area (Å²) in [5.41, 5.74) is 10.1. The fourth-order valence-corrected chi connectivity index (χ4v) is 7.03. The molecule has 3 aliphatic carbocycles. The van der Waals surface area contributed by atoms with Gasteiger partial charge in [-0.05, 0) is 90.0 Å². The molecule has 4 heteroatoms. The van der Waals surface area contributed by atoms with Gasteiger partial charge in [-0.2, -0.15) is 0 Å². The molecule has 4 fully saturated rings. The van der Waals surface area contributed by atoms with Gasteiger partial charge in [0.05, 0.1) is 11.9 Å². The number of hydrogen-bond donors (Lipinski definition) is 2. The maximum Gasteiger partial charge on any atom is 0.109 e. The van der Waals surface area contributed by atoms with Gasteiger partial charge < -0.3 is 10.3 Å². The van der Waals surface area contributed by atoms with Crippen LogP contribution in [0.4, 0.5) is 0 Å². The summed E-state index contributed by atoms with van der Waals surface area (Å²) in [6.07, 6.45) is 16.1. The molecule has 2 spiro atoms. The molecule has 0 unspecified atom stereocenters. The molecule has 0 bridgehead atoms. The minimum absolute atomic E-state index is 0.484. The van der Waals surface area contributed by atoms with Gasteiger partial charge in [0.2, 0.25) is 0 Å². The molecule has 2 aromatic carbocycles. The topological polar surface area (TPSA) is 53.1 Å². The third-order valence-electron chi connectivity index (χ3n) is 9.90. The monoisotopic (exact) mass is 474 g/mol. The standard InChI is InChI=1S/C32H34N4/c1-3-23(26-15-27(33-18-26)28-17-32(13-14-32)20-35-28)4-2-21(1)22-5-7-24(8-6-22)29-19-34-30(36-29)25-9-10-31(16-25)11-12-31/h1-8,18-19,25,28,35H,9-17,20H2,(H,34,36)/t25-,28-/m0/s1. The molecule has 1 saturated heterocycles. The van der Waals surface area contributed by atoms with E-state index >= 15 is 0 Å². The highest BCUT2D eigenvalue weighted by atomic mass is 15.0. The highest BCUT2D eigenvalue weighted by Gasteiger charge is 2.50. The van der Waals surface area contributed by atoms with E-state index in [0.717, 1.165) is 12.1 Å². The lowest BCUT2D eigenvalue weighted by Gasteiger charge is -2.12. The number of benzene rings is 2. The highest BCUT2D eigenvalue weighted by molar-refractivity contribution is 6.01. The van der Waals surface area contributed by atoms with Crippen LogP contribution >= 0.6 is 0 Å². The Balaban J connectivity index is 0.926. The third kappa shape index (κ3) is 3.69. The van der Waals surface area contributed by atoms with Crippen molar-refractivity contribution in [2.45, 2.75) is 69.7 Å². The number of rotatable bonds is 5. The summed E-state index contributed by atoms with van der Waals surface area (Å²) in [6.45, 7) is 1.18. The van der Waals surface area contributed by atoms with Gasteiger partial charge in [0.1, 0.15) is 5.82 Å². The van der Waals surface area contributed by atoms with E-state index in [9.17, 15) is 0 Å². The number of aromatic nitrogens is 2. The van der Waals surface area contributed by atoms with Gasteiger partial charge in [0, 0.05) is 36.8 Å². The smallest absolute Gasteiger partial charge is 0.109 e. The number of nitrogens with zero attached hydrogens (tertiary/aromatic N) is 2. The van der Waals surface area contributed by atoms with Gasteiger partial charge in [-0.1, -0.05) is 48.5 Å². The minimum Gasteiger partial charge on any atom is -0.342 e. The van der Waals surface area contributed by atoms with Crippen LogP contribution in [0.5, 0.6) is 0 Å². The van der Waals surface area contributed by atoms with Crippen molar-refractivity contribution in [2.75, 3.05) is 6.54 Å². The van der Waals surface area contributed by atoms with Crippen LogP contribution in [0.25, 0.3) is 28.0 Å². The van der Waals surface area contributed by atoms with E-state index in [1.165, 1.54) is 97.3 Å². The van der Waals surface area contributed by atoms with Crippen LogP contribution in [0, 0.1) is 10.8 Å². The predicted octanol–water partition coefficient (Wildman–Crippen LogP) is 7.12. The molecule has 3 saturated carbocycles. The van der Waals surface area contributed by atoms with Gasteiger partial charge in [-0.15, -0.1) is 0 Å². The average Bonchev–Trinajstić information content (AvgIpc) is 3.48. The minimum atomic E-state index is 0.484. The van der Waals surface area contributed by atoms with E-state index in [2.05, 4.69) is 65.0 Å². The number of nitrogens with one attached hydrogen (secondary N) is 2. The molecule has 2 atom stereocenters. The van der Waals surface area contributed by atoms with Crippen molar-refractivity contribution in [2.24, 2.45) is 15.8 Å². The van der Waals surface area contributed by atoms with Crippen molar-refractivity contribution in [3.05, 3.63) is 72.3 Å². The second-order valence-electron chi connectivity index (χ2n) is 12.4. The van der Waals surface area contributed by atoms with Crippen LogP contribution in [0.3, 0.4) is 0 Å². The zero-order valence-corrected chi connectivity index (χ0v) is 20.9. The third-order valence-corrected chi connectivity index (χ3v) is 9.90. The van der Waals surface area contributed by atoms with Crippen molar-refractivity contribution in [3.8, 4) is 22.4 Å². The van der Waals surface area contributed by atoms with E-state index in [0.29, 0.717) is 22.8 Å². The SMILES string of the molecule is C1=C(c2ccc(-c3ccc(-c4cnc([C@H]5CCC6(CC6)C5)[nH]4)cc3)cc2)CC([C@@H]2CC3(CC3)CN2)=N1. The Hall–Kier alpha value is -2.98. The summed E-state index contributed by atoms with van der Waals surface area (Å²) < 4.78 is 0. The zero-order chi connectivity index (χ0) is 23.7. The van der Waals surface area contributed by atoms with E-state index in [1.54, 1.807) is 0 Å². The molecular formula is C32H34N4. The summed E-state index contributed by atoms with van der Waals surface area (Å²) in [5.74, 6) is 1.82. The van der Waals surface area contributed by atoms with Crippen molar-refractivity contribution in [1.82, 2.24) is 15.3 Å². The molecule has 2 N–H and O–H groups in total. The molecule has 1 aromatic heterocycles. The normalized spacial score (nSPS) is 27.0. The maximum atomic E-state index is 4.81. The molecule has 182 valence electrons. The van der Waals surface area contributed by atoms with E-state index in [1.807, 2.05) is 6.20 Å². The van der Waals surface area contributed by atoms with Crippen LogP contribution in [0.15, 0.2) is 65.9 Å². The van der Waals surface area contributed by atoms with Crippen LogP contribution in [-0.2, 0) is 0 Å². The second kappa shape index (κ2) is 7.76. The summed E-state index contributed by atoms with van der Waals surface area (Å²) in [5, 5.41) is 3.72. The number of H-pyrrole nitrogens is 1. The zero-order valence-electron chi connectivity index (χ0n) is 20.9. The van der Waals surface area contributed by atoms with E-state index < -0.39 is 0 Å². The lowest BCUT2D eigenvalue weighted by molar-refractivity contribution is 0.519.